The minimum absolute atomic E-state index is 0.0831. The van der Waals surface area contributed by atoms with Gasteiger partial charge >= 0.3 is 0 Å². The monoisotopic (exact) mass is 242 g/mol. The number of ether oxygens (including phenoxy) is 1. The van der Waals surface area contributed by atoms with Gasteiger partial charge in [0.2, 0.25) is 11.8 Å². The maximum atomic E-state index is 11.6. The van der Waals surface area contributed by atoms with Gasteiger partial charge in [0, 0.05) is 19.7 Å². The van der Waals surface area contributed by atoms with Crippen LogP contribution in [0.2, 0.25) is 0 Å². The molecule has 1 saturated carbocycles. The highest BCUT2D eigenvalue weighted by Crippen LogP contribution is 2.17. The Kier molecular flexibility index (Phi) is 6.62. The summed E-state index contributed by atoms with van der Waals surface area (Å²) in [4.78, 5) is 22.9. The molecule has 0 aromatic heterocycles. The van der Waals surface area contributed by atoms with Crippen LogP contribution in [0.5, 0.6) is 0 Å². The molecule has 1 aliphatic carbocycles. The summed E-state index contributed by atoms with van der Waals surface area (Å²) in [6, 6.07) is 0.267. The van der Waals surface area contributed by atoms with Crippen LogP contribution >= 0.6 is 0 Å². The molecule has 0 aromatic carbocycles. The van der Waals surface area contributed by atoms with Gasteiger partial charge in [-0.25, -0.2) is 0 Å². The second-order valence-electron chi connectivity index (χ2n) is 4.42. The standard InChI is InChI=1S/C12H22N2O3/c1-17-8-7-13-11(15)9-12(16)14-10-5-3-2-4-6-10/h10H,2-9H2,1H3,(H,13,15)(H,14,16). The first-order valence-corrected chi connectivity index (χ1v) is 6.27. The quantitative estimate of drug-likeness (QED) is 0.529. The van der Waals surface area contributed by atoms with Crippen molar-refractivity contribution in [2.24, 2.45) is 0 Å². The smallest absolute Gasteiger partial charge is 0.229 e. The Hall–Kier alpha value is -1.10. The summed E-state index contributed by atoms with van der Waals surface area (Å²) in [5, 5.41) is 5.54. The Bertz CT molecular complexity index is 250. The molecule has 5 nitrogen and oxygen atoms in total. The van der Waals surface area contributed by atoms with Gasteiger partial charge in [-0.15, -0.1) is 0 Å². The van der Waals surface area contributed by atoms with E-state index in [9.17, 15) is 9.59 Å². The van der Waals surface area contributed by atoms with E-state index in [2.05, 4.69) is 10.6 Å². The predicted molar refractivity (Wildman–Crippen MR) is 64.5 cm³/mol. The van der Waals surface area contributed by atoms with Gasteiger partial charge in [0.05, 0.1) is 6.61 Å². The molecule has 2 amide bonds. The molecule has 0 radical (unpaired) electrons. The van der Waals surface area contributed by atoms with Gasteiger partial charge in [-0.1, -0.05) is 19.3 Å². The molecule has 5 heteroatoms. The molecule has 0 aromatic rings. The van der Waals surface area contributed by atoms with Crippen LogP contribution in [-0.2, 0) is 14.3 Å². The maximum Gasteiger partial charge on any atom is 0.229 e. The van der Waals surface area contributed by atoms with E-state index in [1.165, 1.54) is 19.3 Å². The van der Waals surface area contributed by atoms with Gasteiger partial charge in [-0.3, -0.25) is 9.59 Å². The minimum Gasteiger partial charge on any atom is -0.383 e. The first kappa shape index (κ1) is 14.0. The highest BCUT2D eigenvalue weighted by atomic mass is 16.5. The van der Waals surface area contributed by atoms with Gasteiger partial charge in [0.1, 0.15) is 6.42 Å². The Morgan fingerprint density at radius 1 is 1.18 bits per heavy atom. The third kappa shape index (κ3) is 6.26. The van der Waals surface area contributed by atoms with Crippen molar-refractivity contribution in [2.45, 2.75) is 44.6 Å². The zero-order valence-electron chi connectivity index (χ0n) is 10.5. The van der Waals surface area contributed by atoms with Crippen molar-refractivity contribution in [1.82, 2.24) is 10.6 Å². The first-order valence-electron chi connectivity index (χ1n) is 6.27. The number of carbonyl (C=O) groups is 2. The number of hydrogen-bond donors (Lipinski definition) is 2. The Morgan fingerprint density at radius 3 is 2.53 bits per heavy atom. The molecule has 2 N–H and O–H groups in total. The molecule has 17 heavy (non-hydrogen) atoms. The summed E-state index contributed by atoms with van der Waals surface area (Å²) < 4.78 is 4.80. The van der Waals surface area contributed by atoms with E-state index in [1.807, 2.05) is 0 Å². The molecule has 1 fully saturated rings. The molecule has 98 valence electrons. The third-order valence-electron chi connectivity index (χ3n) is 2.92. The van der Waals surface area contributed by atoms with Crippen LogP contribution in [0.3, 0.4) is 0 Å². The molecule has 0 heterocycles. The molecule has 1 rings (SSSR count). The lowest BCUT2D eigenvalue weighted by Crippen LogP contribution is -2.39. The summed E-state index contributed by atoms with van der Waals surface area (Å²) >= 11 is 0. The van der Waals surface area contributed by atoms with Crippen LogP contribution in [-0.4, -0.2) is 38.1 Å². The van der Waals surface area contributed by atoms with Crippen molar-refractivity contribution in [2.75, 3.05) is 20.3 Å². The Labute approximate surface area is 102 Å². The van der Waals surface area contributed by atoms with Crippen LogP contribution in [0.15, 0.2) is 0 Å². The third-order valence-corrected chi connectivity index (χ3v) is 2.92. The van der Waals surface area contributed by atoms with Gasteiger partial charge in [-0.2, -0.15) is 0 Å². The van der Waals surface area contributed by atoms with E-state index < -0.39 is 0 Å². The van der Waals surface area contributed by atoms with E-state index in [0.29, 0.717) is 13.2 Å². The molecule has 0 aliphatic heterocycles. The van der Waals surface area contributed by atoms with Crippen molar-refractivity contribution in [3.8, 4) is 0 Å². The number of rotatable bonds is 6. The van der Waals surface area contributed by atoms with Crippen LogP contribution < -0.4 is 10.6 Å². The number of methoxy groups -OCH3 is 1. The van der Waals surface area contributed by atoms with Gasteiger partial charge in [0.15, 0.2) is 0 Å². The summed E-state index contributed by atoms with van der Waals surface area (Å²) in [6.45, 7) is 0.919. The van der Waals surface area contributed by atoms with Crippen molar-refractivity contribution in [1.29, 1.82) is 0 Å². The topological polar surface area (TPSA) is 67.4 Å². The average molecular weight is 242 g/mol. The Balaban J connectivity index is 2.12. The number of carbonyl (C=O) groups excluding carboxylic acids is 2. The van der Waals surface area contributed by atoms with E-state index >= 15 is 0 Å². The largest absolute Gasteiger partial charge is 0.383 e. The summed E-state index contributed by atoms with van der Waals surface area (Å²) in [7, 11) is 1.57. The average Bonchev–Trinajstić information content (AvgIpc) is 2.30. The molecule has 0 unspecified atom stereocenters. The summed E-state index contributed by atoms with van der Waals surface area (Å²) in [5.41, 5.74) is 0. The predicted octanol–water partition coefficient (Wildman–Crippen LogP) is 0.588. The number of nitrogens with one attached hydrogen (secondary N) is 2. The maximum absolute atomic E-state index is 11.6. The van der Waals surface area contributed by atoms with Crippen LogP contribution in [0, 0.1) is 0 Å². The van der Waals surface area contributed by atoms with E-state index in [1.54, 1.807) is 7.11 Å². The second-order valence-corrected chi connectivity index (χ2v) is 4.42. The summed E-state index contributed by atoms with van der Waals surface area (Å²) in [6.07, 6.45) is 5.59. The molecular weight excluding hydrogens is 220 g/mol. The Morgan fingerprint density at radius 2 is 1.88 bits per heavy atom. The van der Waals surface area contributed by atoms with E-state index in [-0.39, 0.29) is 24.3 Å². The fourth-order valence-electron chi connectivity index (χ4n) is 2.03. The van der Waals surface area contributed by atoms with Crippen molar-refractivity contribution in [3.05, 3.63) is 0 Å². The van der Waals surface area contributed by atoms with Gasteiger partial charge in [0.25, 0.3) is 0 Å². The SMILES string of the molecule is COCCNC(=O)CC(=O)NC1CCCCC1. The lowest BCUT2D eigenvalue weighted by atomic mass is 9.95. The van der Waals surface area contributed by atoms with Gasteiger partial charge < -0.3 is 15.4 Å². The molecule has 0 atom stereocenters. The number of amides is 2. The van der Waals surface area contributed by atoms with Crippen molar-refractivity contribution >= 4 is 11.8 Å². The lowest BCUT2D eigenvalue weighted by Gasteiger charge is -2.22. The first-order chi connectivity index (χ1) is 8.22. The second kappa shape index (κ2) is 8.06. The normalized spacial score (nSPS) is 16.5. The molecule has 0 spiro atoms. The van der Waals surface area contributed by atoms with E-state index in [0.717, 1.165) is 12.8 Å². The lowest BCUT2D eigenvalue weighted by molar-refractivity contribution is -0.129. The molecule has 0 bridgehead atoms. The van der Waals surface area contributed by atoms with Crippen molar-refractivity contribution in [3.63, 3.8) is 0 Å². The zero-order valence-corrected chi connectivity index (χ0v) is 10.5. The van der Waals surface area contributed by atoms with Crippen LogP contribution in [0.25, 0.3) is 0 Å². The molecule has 1 aliphatic rings. The van der Waals surface area contributed by atoms with Crippen LogP contribution in [0.4, 0.5) is 0 Å². The summed E-state index contributed by atoms with van der Waals surface area (Å²) in [5.74, 6) is -0.415. The fraction of sp³-hybridized carbons (Fsp3) is 0.833. The zero-order chi connectivity index (χ0) is 12.5. The van der Waals surface area contributed by atoms with Crippen LogP contribution in [0.1, 0.15) is 38.5 Å². The van der Waals surface area contributed by atoms with Gasteiger partial charge in [-0.05, 0) is 12.8 Å². The van der Waals surface area contributed by atoms with Crippen molar-refractivity contribution < 1.29 is 14.3 Å². The highest BCUT2D eigenvalue weighted by molar-refractivity contribution is 5.96. The fourth-order valence-corrected chi connectivity index (χ4v) is 2.03. The number of hydrogen-bond acceptors (Lipinski definition) is 3. The minimum atomic E-state index is -0.240. The molecule has 0 saturated heterocycles. The molecular formula is C12H22N2O3. The van der Waals surface area contributed by atoms with E-state index in [4.69, 9.17) is 4.74 Å². The highest BCUT2D eigenvalue weighted by Gasteiger charge is 2.17.